The molecule has 1 N–H and O–H groups in total. The van der Waals surface area contributed by atoms with Gasteiger partial charge in [0.05, 0.1) is 17.9 Å². The van der Waals surface area contributed by atoms with Crippen LogP contribution in [0.25, 0.3) is 0 Å². The van der Waals surface area contributed by atoms with Gasteiger partial charge in [0.2, 0.25) is 0 Å². The Morgan fingerprint density at radius 2 is 1.67 bits per heavy atom. The summed E-state index contributed by atoms with van der Waals surface area (Å²) in [5.74, 6) is -1.61. The summed E-state index contributed by atoms with van der Waals surface area (Å²) in [6.07, 6.45) is 2.62. The van der Waals surface area contributed by atoms with Crippen molar-refractivity contribution < 1.29 is 19.1 Å². The van der Waals surface area contributed by atoms with Gasteiger partial charge in [0, 0.05) is 5.69 Å². The van der Waals surface area contributed by atoms with Crippen LogP contribution < -0.4 is 10.2 Å². The van der Waals surface area contributed by atoms with Crippen LogP contribution in [0.2, 0.25) is 0 Å². The molecule has 2 amide bonds. The molecule has 2 aromatic carbocycles. The maximum atomic E-state index is 12.9. The van der Waals surface area contributed by atoms with E-state index in [2.05, 4.69) is 12.2 Å². The molecule has 30 heavy (non-hydrogen) atoms. The summed E-state index contributed by atoms with van der Waals surface area (Å²) < 4.78 is 5.17. The van der Waals surface area contributed by atoms with Gasteiger partial charge >= 0.3 is 5.97 Å². The summed E-state index contributed by atoms with van der Waals surface area (Å²) in [5.41, 5.74) is 2.51. The minimum atomic E-state index is -0.618. The van der Waals surface area contributed by atoms with E-state index in [9.17, 15) is 14.4 Å². The minimum Gasteiger partial charge on any atom is -0.462 e. The molecule has 0 aliphatic carbocycles. The molecule has 0 atom stereocenters. The summed E-state index contributed by atoms with van der Waals surface area (Å²) in [7, 11) is 0. The van der Waals surface area contributed by atoms with E-state index in [4.69, 9.17) is 16.3 Å². The van der Waals surface area contributed by atoms with Gasteiger partial charge in [0.15, 0.2) is 0 Å². The van der Waals surface area contributed by atoms with Crippen LogP contribution in [-0.4, -0.2) is 24.4 Å². The average Bonchev–Trinajstić information content (AvgIpc) is 2.97. The molecule has 0 saturated carbocycles. The number of aryl methyl sites for hydroxylation is 1. The van der Waals surface area contributed by atoms with Gasteiger partial charge in [-0.1, -0.05) is 44.0 Å². The van der Waals surface area contributed by atoms with Gasteiger partial charge in [-0.05, 0) is 54.8 Å². The van der Waals surface area contributed by atoms with Crippen LogP contribution in [-0.2, 0) is 20.7 Å². The Hall–Kier alpha value is -3.12. The van der Waals surface area contributed by atoms with Gasteiger partial charge in [-0.25, -0.2) is 9.69 Å². The van der Waals surface area contributed by atoms with E-state index in [-0.39, 0.29) is 10.7 Å². The zero-order chi connectivity index (χ0) is 21.7. The molecule has 0 radical (unpaired) electrons. The predicted octanol–water partition coefficient (Wildman–Crippen LogP) is 4.64. The molecule has 0 saturated heterocycles. The number of hydrogen-bond acceptors (Lipinski definition) is 5. The second-order valence-corrected chi connectivity index (χ2v) is 7.22. The number of hydrogen-bond donors (Lipinski definition) is 1. The predicted molar refractivity (Wildman–Crippen MR) is 116 cm³/mol. The van der Waals surface area contributed by atoms with Crippen LogP contribution in [0.4, 0.5) is 11.4 Å². The number of amides is 2. The molecule has 0 aromatic heterocycles. The number of benzene rings is 2. The molecule has 0 bridgehead atoms. The van der Waals surface area contributed by atoms with Crippen molar-refractivity contribution in [1.82, 2.24) is 0 Å². The maximum Gasteiger partial charge on any atom is 0.338 e. The van der Waals surface area contributed by atoms with Crippen LogP contribution >= 0.6 is 11.6 Å². The van der Waals surface area contributed by atoms with Crippen molar-refractivity contribution in [3.63, 3.8) is 0 Å². The third-order valence-electron chi connectivity index (χ3n) is 4.75. The molecule has 1 aliphatic heterocycles. The zero-order valence-electron chi connectivity index (χ0n) is 16.9. The summed E-state index contributed by atoms with van der Waals surface area (Å²) in [6.45, 7) is 4.41. The van der Waals surface area contributed by atoms with Crippen molar-refractivity contribution in [3.05, 3.63) is 70.4 Å². The normalized spacial score (nSPS) is 13.8. The van der Waals surface area contributed by atoms with E-state index in [1.54, 1.807) is 0 Å². The summed E-state index contributed by atoms with van der Waals surface area (Å²) >= 11 is 6.16. The molecule has 0 unspecified atom stereocenters. The Labute approximate surface area is 180 Å². The number of carbonyl (C=O) groups excluding carboxylic acids is 3. The molecule has 156 valence electrons. The van der Waals surface area contributed by atoms with Crippen LogP contribution in [0.15, 0.2) is 59.3 Å². The molecule has 1 aliphatic rings. The lowest BCUT2D eigenvalue weighted by atomic mass is 10.1. The largest absolute Gasteiger partial charge is 0.462 e. The first-order valence-electron chi connectivity index (χ1n) is 9.88. The molecule has 3 rings (SSSR count). The zero-order valence-corrected chi connectivity index (χ0v) is 17.7. The average molecular weight is 427 g/mol. The number of imide groups is 1. The van der Waals surface area contributed by atoms with Gasteiger partial charge in [-0.3, -0.25) is 9.59 Å². The third-order valence-corrected chi connectivity index (χ3v) is 5.10. The fourth-order valence-corrected chi connectivity index (χ4v) is 3.17. The van der Waals surface area contributed by atoms with Gasteiger partial charge in [0.25, 0.3) is 11.8 Å². The molecule has 7 heteroatoms. The fraction of sp³-hybridized carbons (Fsp3) is 0.261. The molecule has 0 fully saturated rings. The van der Waals surface area contributed by atoms with Crippen molar-refractivity contribution >= 4 is 40.8 Å². The van der Waals surface area contributed by atoms with Crippen LogP contribution in [0.5, 0.6) is 0 Å². The number of carbonyl (C=O) groups is 3. The maximum absolute atomic E-state index is 12.9. The number of unbranched alkanes of at least 4 members (excludes halogenated alkanes) is 1. The SMILES string of the molecule is CCCCOC(=O)c1ccc(N2C(=O)C(Cl)=C(Nc3ccc(CC)cc3)C2=O)cc1. The first-order valence-corrected chi connectivity index (χ1v) is 10.3. The lowest BCUT2D eigenvalue weighted by Gasteiger charge is -2.15. The number of rotatable bonds is 8. The number of halogens is 1. The lowest BCUT2D eigenvalue weighted by molar-refractivity contribution is -0.120. The smallest absolute Gasteiger partial charge is 0.338 e. The van der Waals surface area contributed by atoms with Crippen LogP contribution in [0.1, 0.15) is 42.6 Å². The number of anilines is 2. The van der Waals surface area contributed by atoms with Crippen molar-refractivity contribution in [2.45, 2.75) is 33.1 Å². The van der Waals surface area contributed by atoms with Crippen LogP contribution in [0, 0.1) is 0 Å². The number of ether oxygens (including phenoxy) is 1. The number of esters is 1. The van der Waals surface area contributed by atoms with E-state index in [1.165, 1.54) is 24.3 Å². The molecule has 1 heterocycles. The third kappa shape index (κ3) is 4.54. The fourth-order valence-electron chi connectivity index (χ4n) is 2.95. The Morgan fingerprint density at radius 3 is 2.27 bits per heavy atom. The van der Waals surface area contributed by atoms with E-state index in [0.717, 1.165) is 29.7 Å². The van der Waals surface area contributed by atoms with E-state index in [1.807, 2.05) is 31.2 Å². The molecular weight excluding hydrogens is 404 g/mol. The van der Waals surface area contributed by atoms with Gasteiger partial charge in [0.1, 0.15) is 10.7 Å². The summed E-state index contributed by atoms with van der Waals surface area (Å²) in [5, 5.41) is 2.76. The first kappa shape index (κ1) is 21.6. The van der Waals surface area contributed by atoms with Gasteiger partial charge in [-0.15, -0.1) is 0 Å². The van der Waals surface area contributed by atoms with Gasteiger partial charge < -0.3 is 10.1 Å². The summed E-state index contributed by atoms with van der Waals surface area (Å²) in [4.78, 5) is 38.5. The highest BCUT2D eigenvalue weighted by Gasteiger charge is 2.39. The highest BCUT2D eigenvalue weighted by atomic mass is 35.5. The molecular formula is C23H23ClN2O4. The lowest BCUT2D eigenvalue weighted by Crippen LogP contribution is -2.32. The Bertz CT molecular complexity index is 981. The molecule has 6 nitrogen and oxygen atoms in total. The van der Waals surface area contributed by atoms with Crippen LogP contribution in [0.3, 0.4) is 0 Å². The van der Waals surface area contributed by atoms with Gasteiger partial charge in [-0.2, -0.15) is 0 Å². The second-order valence-electron chi connectivity index (χ2n) is 6.85. The Balaban J connectivity index is 1.74. The number of nitrogens with zero attached hydrogens (tertiary/aromatic N) is 1. The minimum absolute atomic E-state index is 0.0222. The Morgan fingerprint density at radius 1 is 1.00 bits per heavy atom. The highest BCUT2D eigenvalue weighted by molar-refractivity contribution is 6.53. The highest BCUT2D eigenvalue weighted by Crippen LogP contribution is 2.30. The standard InChI is InChI=1S/C23H23ClN2O4/c1-3-5-14-30-23(29)16-8-12-18(13-9-16)26-21(27)19(24)20(22(26)28)25-17-10-6-15(4-2)7-11-17/h6-13,25H,3-5,14H2,1-2H3. The summed E-state index contributed by atoms with van der Waals surface area (Å²) in [6, 6.07) is 13.6. The molecule has 0 spiro atoms. The van der Waals surface area contributed by atoms with Crippen molar-refractivity contribution in [3.8, 4) is 0 Å². The monoisotopic (exact) mass is 426 g/mol. The van der Waals surface area contributed by atoms with Crippen molar-refractivity contribution in [2.75, 3.05) is 16.8 Å². The first-order chi connectivity index (χ1) is 14.5. The second kappa shape index (κ2) is 9.59. The quantitative estimate of drug-likeness (QED) is 0.378. The van der Waals surface area contributed by atoms with Crippen molar-refractivity contribution in [2.24, 2.45) is 0 Å². The van der Waals surface area contributed by atoms with E-state index < -0.39 is 17.8 Å². The topological polar surface area (TPSA) is 75.7 Å². The van der Waals surface area contributed by atoms with Crippen molar-refractivity contribution in [1.29, 1.82) is 0 Å². The number of nitrogens with one attached hydrogen (secondary N) is 1. The Kier molecular flexibility index (Phi) is 6.90. The van der Waals surface area contributed by atoms with E-state index >= 15 is 0 Å². The molecule has 2 aromatic rings. The van der Waals surface area contributed by atoms with E-state index in [0.29, 0.717) is 23.5 Å².